The summed E-state index contributed by atoms with van der Waals surface area (Å²) in [7, 11) is 0. The second-order valence-corrected chi connectivity index (χ2v) is 5.98. The van der Waals surface area contributed by atoms with Crippen LogP contribution in [0.5, 0.6) is 0 Å². The summed E-state index contributed by atoms with van der Waals surface area (Å²) in [6, 6.07) is 21.6. The van der Waals surface area contributed by atoms with Crippen molar-refractivity contribution in [1.82, 2.24) is 14.5 Å². The standard InChI is InChI=1S/C22H17N3O/c26-21(13-12-17-9-6-14-23-15-17)22-24-19-10-4-5-11-20(19)25(22)16-18-7-2-1-3-8-18/h1-15H,16H2. The maximum Gasteiger partial charge on any atom is 0.221 e. The van der Waals surface area contributed by atoms with Crippen LogP contribution in [-0.4, -0.2) is 20.3 Å². The molecular formula is C22H17N3O. The number of ketones is 1. The van der Waals surface area contributed by atoms with E-state index < -0.39 is 0 Å². The Hall–Kier alpha value is -3.53. The number of nitrogens with zero attached hydrogens (tertiary/aromatic N) is 3. The molecule has 2 aromatic heterocycles. The van der Waals surface area contributed by atoms with Crippen LogP contribution in [-0.2, 0) is 6.54 Å². The third-order valence-corrected chi connectivity index (χ3v) is 4.17. The average molecular weight is 339 g/mol. The molecule has 126 valence electrons. The Labute approximate surface area is 151 Å². The van der Waals surface area contributed by atoms with Crippen molar-refractivity contribution >= 4 is 22.9 Å². The van der Waals surface area contributed by atoms with Crippen LogP contribution in [0.3, 0.4) is 0 Å². The number of hydrogen-bond acceptors (Lipinski definition) is 3. The Morgan fingerprint density at radius 3 is 2.58 bits per heavy atom. The summed E-state index contributed by atoms with van der Waals surface area (Å²) in [4.78, 5) is 21.4. The number of pyridine rings is 1. The highest BCUT2D eigenvalue weighted by molar-refractivity contribution is 6.06. The molecule has 0 spiro atoms. The molecule has 4 aromatic rings. The predicted octanol–water partition coefficient (Wildman–Crippen LogP) is 4.38. The quantitative estimate of drug-likeness (QED) is 0.400. The summed E-state index contributed by atoms with van der Waals surface area (Å²) in [5, 5.41) is 0. The average Bonchev–Trinajstić information content (AvgIpc) is 3.06. The van der Waals surface area contributed by atoms with Crippen molar-refractivity contribution < 1.29 is 4.79 Å². The first-order chi connectivity index (χ1) is 12.8. The van der Waals surface area contributed by atoms with Gasteiger partial charge in [-0.3, -0.25) is 9.78 Å². The van der Waals surface area contributed by atoms with Crippen LogP contribution >= 0.6 is 0 Å². The summed E-state index contributed by atoms with van der Waals surface area (Å²) >= 11 is 0. The van der Waals surface area contributed by atoms with Crippen molar-refractivity contribution in [3.05, 3.63) is 102 Å². The van der Waals surface area contributed by atoms with E-state index in [2.05, 4.69) is 22.1 Å². The number of para-hydroxylation sites is 2. The van der Waals surface area contributed by atoms with E-state index in [9.17, 15) is 4.79 Å². The van der Waals surface area contributed by atoms with E-state index in [0.717, 1.165) is 22.2 Å². The van der Waals surface area contributed by atoms with Gasteiger partial charge in [-0.2, -0.15) is 0 Å². The molecular weight excluding hydrogens is 322 g/mol. The van der Waals surface area contributed by atoms with Crippen molar-refractivity contribution in [2.45, 2.75) is 6.54 Å². The fourth-order valence-corrected chi connectivity index (χ4v) is 2.91. The lowest BCUT2D eigenvalue weighted by Crippen LogP contribution is -2.09. The summed E-state index contributed by atoms with van der Waals surface area (Å²) in [5.74, 6) is 0.316. The summed E-state index contributed by atoms with van der Waals surface area (Å²) in [5.41, 5.74) is 3.78. The molecule has 2 heterocycles. The van der Waals surface area contributed by atoms with E-state index in [1.807, 2.05) is 59.2 Å². The highest BCUT2D eigenvalue weighted by Crippen LogP contribution is 2.19. The molecule has 4 nitrogen and oxygen atoms in total. The Kier molecular flexibility index (Phi) is 4.39. The van der Waals surface area contributed by atoms with Crippen molar-refractivity contribution in [1.29, 1.82) is 0 Å². The number of carbonyl (C=O) groups is 1. The molecule has 26 heavy (non-hydrogen) atoms. The van der Waals surface area contributed by atoms with E-state index in [4.69, 9.17) is 0 Å². The van der Waals surface area contributed by atoms with Crippen LogP contribution in [0.2, 0.25) is 0 Å². The molecule has 0 atom stereocenters. The van der Waals surface area contributed by atoms with Crippen molar-refractivity contribution in [2.75, 3.05) is 0 Å². The summed E-state index contributed by atoms with van der Waals surface area (Å²) in [6.45, 7) is 0.600. The third kappa shape index (κ3) is 3.30. The predicted molar refractivity (Wildman–Crippen MR) is 103 cm³/mol. The van der Waals surface area contributed by atoms with E-state index in [0.29, 0.717) is 12.4 Å². The minimum Gasteiger partial charge on any atom is -0.317 e. The van der Waals surface area contributed by atoms with E-state index in [1.165, 1.54) is 0 Å². The number of benzene rings is 2. The largest absolute Gasteiger partial charge is 0.317 e. The minimum atomic E-state index is -0.124. The highest BCUT2D eigenvalue weighted by atomic mass is 16.1. The summed E-state index contributed by atoms with van der Waals surface area (Å²) in [6.07, 6.45) is 6.75. The molecule has 0 N–H and O–H groups in total. The lowest BCUT2D eigenvalue weighted by molar-refractivity contribution is 0.103. The molecule has 4 heteroatoms. The van der Waals surface area contributed by atoms with Crippen LogP contribution in [0.4, 0.5) is 0 Å². The Bertz CT molecular complexity index is 1070. The molecule has 0 aliphatic rings. The Morgan fingerprint density at radius 2 is 1.77 bits per heavy atom. The van der Waals surface area contributed by atoms with Gasteiger partial charge in [-0.15, -0.1) is 0 Å². The second-order valence-electron chi connectivity index (χ2n) is 5.98. The van der Waals surface area contributed by atoms with Crippen LogP contribution in [0.1, 0.15) is 21.7 Å². The molecule has 0 radical (unpaired) electrons. The smallest absolute Gasteiger partial charge is 0.221 e. The van der Waals surface area contributed by atoms with Gasteiger partial charge in [0.1, 0.15) is 0 Å². The zero-order valence-corrected chi connectivity index (χ0v) is 14.1. The van der Waals surface area contributed by atoms with E-state index >= 15 is 0 Å². The number of imidazole rings is 1. The SMILES string of the molecule is O=C(C=Cc1cccnc1)c1nc2ccccc2n1Cc1ccccc1. The van der Waals surface area contributed by atoms with Crippen LogP contribution in [0.15, 0.2) is 85.2 Å². The lowest BCUT2D eigenvalue weighted by Gasteiger charge is -2.07. The monoisotopic (exact) mass is 339 g/mol. The maximum absolute atomic E-state index is 12.8. The molecule has 0 fully saturated rings. The van der Waals surface area contributed by atoms with Crippen molar-refractivity contribution in [3.63, 3.8) is 0 Å². The van der Waals surface area contributed by atoms with Crippen LogP contribution < -0.4 is 0 Å². The van der Waals surface area contributed by atoms with Gasteiger partial charge in [-0.1, -0.05) is 48.5 Å². The van der Waals surface area contributed by atoms with Gasteiger partial charge in [0, 0.05) is 18.9 Å². The molecule has 0 bridgehead atoms. The second kappa shape index (κ2) is 7.15. The van der Waals surface area contributed by atoms with Gasteiger partial charge in [-0.25, -0.2) is 4.98 Å². The third-order valence-electron chi connectivity index (χ3n) is 4.17. The number of hydrogen-bond donors (Lipinski definition) is 0. The molecule has 2 aromatic carbocycles. The number of rotatable bonds is 5. The zero-order valence-electron chi connectivity index (χ0n) is 14.1. The fourth-order valence-electron chi connectivity index (χ4n) is 2.91. The normalized spacial score (nSPS) is 11.2. The Balaban J connectivity index is 1.73. The van der Waals surface area contributed by atoms with Gasteiger partial charge >= 0.3 is 0 Å². The first kappa shape index (κ1) is 16.0. The lowest BCUT2D eigenvalue weighted by atomic mass is 10.2. The van der Waals surface area contributed by atoms with Gasteiger partial charge in [0.2, 0.25) is 5.78 Å². The van der Waals surface area contributed by atoms with E-state index in [1.54, 1.807) is 24.5 Å². The molecule has 0 amide bonds. The van der Waals surface area contributed by atoms with Gasteiger partial charge in [-0.05, 0) is 41.5 Å². The van der Waals surface area contributed by atoms with Crippen LogP contribution in [0, 0.1) is 0 Å². The van der Waals surface area contributed by atoms with Crippen molar-refractivity contribution in [2.24, 2.45) is 0 Å². The topological polar surface area (TPSA) is 47.8 Å². The van der Waals surface area contributed by atoms with Gasteiger partial charge < -0.3 is 4.57 Å². The number of aromatic nitrogens is 3. The number of fused-ring (bicyclic) bond motifs is 1. The van der Waals surface area contributed by atoms with Gasteiger partial charge in [0.25, 0.3) is 0 Å². The molecule has 0 aliphatic heterocycles. The number of carbonyl (C=O) groups excluding carboxylic acids is 1. The van der Waals surface area contributed by atoms with E-state index in [-0.39, 0.29) is 5.78 Å². The fraction of sp³-hybridized carbons (Fsp3) is 0.0455. The van der Waals surface area contributed by atoms with Gasteiger partial charge in [0.05, 0.1) is 11.0 Å². The van der Waals surface area contributed by atoms with Crippen molar-refractivity contribution in [3.8, 4) is 0 Å². The molecule has 0 saturated heterocycles. The first-order valence-electron chi connectivity index (χ1n) is 8.43. The van der Waals surface area contributed by atoms with Crippen LogP contribution in [0.25, 0.3) is 17.1 Å². The van der Waals surface area contributed by atoms with Gasteiger partial charge in [0.15, 0.2) is 5.82 Å². The molecule has 0 saturated carbocycles. The molecule has 0 unspecified atom stereocenters. The number of allylic oxidation sites excluding steroid dienone is 1. The highest BCUT2D eigenvalue weighted by Gasteiger charge is 2.15. The Morgan fingerprint density at radius 1 is 0.962 bits per heavy atom. The first-order valence-corrected chi connectivity index (χ1v) is 8.43. The maximum atomic E-state index is 12.8. The zero-order chi connectivity index (χ0) is 17.8. The molecule has 4 rings (SSSR count). The molecule has 0 aliphatic carbocycles. The minimum absolute atomic E-state index is 0.124. The summed E-state index contributed by atoms with van der Waals surface area (Å²) < 4.78 is 1.97.